The quantitative estimate of drug-likeness (QED) is 0.677. The largest absolute Gasteiger partial charge is 0.497 e. The fourth-order valence-electron chi connectivity index (χ4n) is 3.84. The van der Waals surface area contributed by atoms with E-state index in [9.17, 15) is 9.59 Å². The van der Waals surface area contributed by atoms with E-state index >= 15 is 0 Å². The van der Waals surface area contributed by atoms with Crippen LogP contribution in [0.3, 0.4) is 0 Å². The van der Waals surface area contributed by atoms with Gasteiger partial charge >= 0.3 is 0 Å². The lowest BCUT2D eigenvalue weighted by molar-refractivity contribution is -0.144. The number of hydrogen-bond donors (Lipinski definition) is 0. The summed E-state index contributed by atoms with van der Waals surface area (Å²) in [6.07, 6.45) is 5.96. The molecule has 4 nitrogen and oxygen atoms in total. The highest BCUT2D eigenvalue weighted by Gasteiger charge is 2.47. The van der Waals surface area contributed by atoms with E-state index in [0.29, 0.717) is 23.4 Å². The topological polar surface area (TPSA) is 46.6 Å². The third-order valence-corrected chi connectivity index (χ3v) is 5.72. The van der Waals surface area contributed by atoms with Crippen LogP contribution in [-0.4, -0.2) is 30.7 Å². The van der Waals surface area contributed by atoms with Crippen LogP contribution in [0.2, 0.25) is 5.02 Å². The Morgan fingerprint density at radius 1 is 1.18 bits per heavy atom. The number of ether oxygens (including phenoxy) is 1. The molecular formula is C23H24ClNO3. The summed E-state index contributed by atoms with van der Waals surface area (Å²) in [6.45, 7) is 0. The monoisotopic (exact) mass is 397 g/mol. The number of amides is 1. The van der Waals surface area contributed by atoms with E-state index in [-0.39, 0.29) is 11.7 Å². The lowest BCUT2D eigenvalue weighted by Crippen LogP contribution is -2.53. The highest BCUT2D eigenvalue weighted by molar-refractivity contribution is 6.31. The van der Waals surface area contributed by atoms with Crippen LogP contribution in [0.1, 0.15) is 36.8 Å². The first-order valence-corrected chi connectivity index (χ1v) is 9.75. The number of Topliss-reactive ketones (excluding diaryl/α,β-unsaturated/α-hetero) is 1. The van der Waals surface area contributed by atoms with Crippen LogP contribution in [0.5, 0.6) is 5.75 Å². The van der Waals surface area contributed by atoms with E-state index in [1.807, 2.05) is 42.5 Å². The second-order valence-electron chi connectivity index (χ2n) is 6.98. The standard InChI is InChI=1S/C23H24ClNO3/c1-25(22(27)14-13-17-8-7-9-18(16-17)28-2)23(15-6-5-12-21(23)26)19-10-3-4-11-20(19)24/h3-4,7-11,13-14,16H,5-6,12,15H2,1-2H3/b14-13+. The van der Waals surface area contributed by atoms with E-state index in [1.54, 1.807) is 31.2 Å². The minimum Gasteiger partial charge on any atom is -0.497 e. The Bertz CT molecular complexity index is 908. The summed E-state index contributed by atoms with van der Waals surface area (Å²) in [5, 5.41) is 0.508. The summed E-state index contributed by atoms with van der Waals surface area (Å²) < 4.78 is 5.22. The van der Waals surface area contributed by atoms with Crippen LogP contribution in [0.4, 0.5) is 0 Å². The molecule has 5 heteroatoms. The maximum absolute atomic E-state index is 13.1. The number of likely N-dealkylation sites (N-methyl/N-ethyl adjacent to an activating group) is 1. The lowest BCUT2D eigenvalue weighted by Gasteiger charge is -2.43. The van der Waals surface area contributed by atoms with Crippen LogP contribution in [0.15, 0.2) is 54.6 Å². The van der Waals surface area contributed by atoms with Gasteiger partial charge in [0, 0.05) is 30.1 Å². The van der Waals surface area contributed by atoms with Crippen LogP contribution < -0.4 is 4.74 Å². The molecule has 1 amide bonds. The zero-order valence-electron chi connectivity index (χ0n) is 16.2. The predicted octanol–water partition coefficient (Wildman–Crippen LogP) is 4.86. The Morgan fingerprint density at radius 2 is 1.96 bits per heavy atom. The van der Waals surface area contributed by atoms with Gasteiger partial charge < -0.3 is 9.64 Å². The van der Waals surface area contributed by atoms with Gasteiger partial charge in [0.15, 0.2) is 5.78 Å². The van der Waals surface area contributed by atoms with Crippen molar-refractivity contribution in [1.29, 1.82) is 0 Å². The van der Waals surface area contributed by atoms with Crippen molar-refractivity contribution in [2.75, 3.05) is 14.2 Å². The second-order valence-corrected chi connectivity index (χ2v) is 7.38. The van der Waals surface area contributed by atoms with Gasteiger partial charge in [-0.3, -0.25) is 9.59 Å². The molecule has 0 saturated heterocycles. The van der Waals surface area contributed by atoms with Crippen molar-refractivity contribution in [3.05, 3.63) is 70.8 Å². The Labute approximate surface area is 170 Å². The molecule has 1 aliphatic carbocycles. The van der Waals surface area contributed by atoms with Crippen LogP contribution in [0, 0.1) is 0 Å². The van der Waals surface area contributed by atoms with Crippen molar-refractivity contribution < 1.29 is 14.3 Å². The zero-order chi connectivity index (χ0) is 20.1. The minimum atomic E-state index is -1.02. The highest BCUT2D eigenvalue weighted by Crippen LogP contribution is 2.42. The molecule has 2 aromatic carbocycles. The fraction of sp³-hybridized carbons (Fsp3) is 0.304. The summed E-state index contributed by atoms with van der Waals surface area (Å²) in [4.78, 5) is 27.6. The zero-order valence-corrected chi connectivity index (χ0v) is 16.9. The molecule has 1 aliphatic rings. The molecule has 28 heavy (non-hydrogen) atoms. The van der Waals surface area contributed by atoms with E-state index < -0.39 is 5.54 Å². The maximum atomic E-state index is 13.1. The molecule has 146 valence electrons. The van der Waals surface area contributed by atoms with Gasteiger partial charge in [0.1, 0.15) is 11.3 Å². The van der Waals surface area contributed by atoms with E-state index in [2.05, 4.69) is 0 Å². The summed E-state index contributed by atoms with van der Waals surface area (Å²) in [5.41, 5.74) is 0.529. The number of hydrogen-bond acceptors (Lipinski definition) is 3. The van der Waals surface area contributed by atoms with E-state index in [0.717, 1.165) is 24.2 Å². The number of carbonyl (C=O) groups excluding carboxylic acids is 2. The average molecular weight is 398 g/mol. The number of methoxy groups -OCH3 is 1. The molecule has 1 unspecified atom stereocenters. The van der Waals surface area contributed by atoms with Gasteiger partial charge in [-0.1, -0.05) is 41.9 Å². The van der Waals surface area contributed by atoms with Crippen LogP contribution >= 0.6 is 11.6 Å². The number of ketones is 1. The van der Waals surface area contributed by atoms with Crippen molar-refractivity contribution in [3.8, 4) is 5.75 Å². The molecule has 0 N–H and O–H groups in total. The lowest BCUT2D eigenvalue weighted by atomic mass is 9.74. The number of carbonyl (C=O) groups is 2. The predicted molar refractivity (Wildman–Crippen MR) is 111 cm³/mol. The third kappa shape index (κ3) is 3.83. The first-order valence-electron chi connectivity index (χ1n) is 9.37. The minimum absolute atomic E-state index is 0.0393. The molecule has 2 aromatic rings. The SMILES string of the molecule is COc1cccc(/C=C/C(=O)N(C)C2(c3ccccc3Cl)CCCCC2=O)c1. The molecule has 1 atom stereocenters. The summed E-state index contributed by atoms with van der Waals surface area (Å²) in [5.74, 6) is 0.522. The second kappa shape index (κ2) is 8.61. The molecular weight excluding hydrogens is 374 g/mol. The normalized spacial score (nSPS) is 19.6. The van der Waals surface area contributed by atoms with Gasteiger partial charge in [-0.05, 0) is 49.1 Å². The molecule has 1 fully saturated rings. The third-order valence-electron chi connectivity index (χ3n) is 5.39. The summed E-state index contributed by atoms with van der Waals surface area (Å²) >= 11 is 6.45. The van der Waals surface area contributed by atoms with Crippen molar-refractivity contribution in [1.82, 2.24) is 4.90 Å². The Hall–Kier alpha value is -2.59. The van der Waals surface area contributed by atoms with Gasteiger partial charge in [0.2, 0.25) is 5.91 Å². The van der Waals surface area contributed by atoms with Gasteiger partial charge in [0.25, 0.3) is 0 Å². The van der Waals surface area contributed by atoms with Crippen LogP contribution in [-0.2, 0) is 15.1 Å². The van der Waals surface area contributed by atoms with Crippen molar-refractivity contribution in [2.45, 2.75) is 31.2 Å². The van der Waals surface area contributed by atoms with Crippen molar-refractivity contribution in [2.24, 2.45) is 0 Å². The van der Waals surface area contributed by atoms with E-state index in [4.69, 9.17) is 16.3 Å². The van der Waals surface area contributed by atoms with E-state index in [1.165, 1.54) is 6.08 Å². The summed E-state index contributed by atoms with van der Waals surface area (Å²) in [6, 6.07) is 14.8. The van der Waals surface area contributed by atoms with Crippen molar-refractivity contribution in [3.63, 3.8) is 0 Å². The molecule has 1 saturated carbocycles. The van der Waals surface area contributed by atoms with Gasteiger partial charge in [-0.15, -0.1) is 0 Å². The van der Waals surface area contributed by atoms with Gasteiger partial charge in [0.05, 0.1) is 7.11 Å². The highest BCUT2D eigenvalue weighted by atomic mass is 35.5. The first kappa shape index (κ1) is 20.2. The Morgan fingerprint density at radius 3 is 2.68 bits per heavy atom. The molecule has 0 bridgehead atoms. The molecule has 0 spiro atoms. The van der Waals surface area contributed by atoms with Gasteiger partial charge in [-0.25, -0.2) is 0 Å². The number of rotatable bonds is 5. The number of halogens is 1. The van der Waals surface area contributed by atoms with Gasteiger partial charge in [-0.2, -0.15) is 0 Å². The summed E-state index contributed by atoms with van der Waals surface area (Å²) in [7, 11) is 3.29. The fourth-order valence-corrected chi connectivity index (χ4v) is 4.13. The van der Waals surface area contributed by atoms with Crippen LogP contribution in [0.25, 0.3) is 6.08 Å². The molecule has 0 aromatic heterocycles. The molecule has 0 aliphatic heterocycles. The molecule has 3 rings (SSSR count). The molecule has 0 radical (unpaired) electrons. The Balaban J connectivity index is 1.94. The van der Waals surface area contributed by atoms with Crippen molar-refractivity contribution >= 4 is 29.4 Å². The molecule has 0 heterocycles. The average Bonchev–Trinajstić information content (AvgIpc) is 2.72. The Kier molecular flexibility index (Phi) is 6.20. The first-order chi connectivity index (χ1) is 13.5. The number of nitrogens with zero attached hydrogens (tertiary/aromatic N) is 1. The smallest absolute Gasteiger partial charge is 0.247 e. The number of benzene rings is 2. The maximum Gasteiger partial charge on any atom is 0.247 e.